The SMILES string of the molecule is Br.CCCCN1C=CN(c2c(C(C)C)cccc2C(C)C)C1. The molecule has 0 fully saturated rings. The third-order valence-corrected chi connectivity index (χ3v) is 4.22. The van der Waals surface area contributed by atoms with Gasteiger partial charge in [0, 0.05) is 24.6 Å². The topological polar surface area (TPSA) is 6.48 Å². The van der Waals surface area contributed by atoms with Gasteiger partial charge in [-0.1, -0.05) is 59.2 Å². The van der Waals surface area contributed by atoms with Crippen molar-refractivity contribution < 1.29 is 0 Å². The molecule has 1 aromatic carbocycles. The van der Waals surface area contributed by atoms with E-state index in [0.717, 1.165) is 13.2 Å². The Morgan fingerprint density at radius 3 is 2.09 bits per heavy atom. The van der Waals surface area contributed by atoms with Gasteiger partial charge >= 0.3 is 0 Å². The minimum Gasteiger partial charge on any atom is -0.358 e. The van der Waals surface area contributed by atoms with E-state index < -0.39 is 0 Å². The lowest BCUT2D eigenvalue weighted by atomic mass is 9.92. The number of hydrogen-bond acceptors (Lipinski definition) is 2. The number of halogens is 1. The highest BCUT2D eigenvalue weighted by atomic mass is 79.9. The number of rotatable bonds is 6. The minimum atomic E-state index is 0. The molecule has 2 nitrogen and oxygen atoms in total. The van der Waals surface area contributed by atoms with E-state index in [1.807, 2.05) is 0 Å². The molecule has 1 heterocycles. The third-order valence-electron chi connectivity index (χ3n) is 4.22. The third kappa shape index (κ3) is 4.28. The molecule has 0 bridgehead atoms. The van der Waals surface area contributed by atoms with E-state index >= 15 is 0 Å². The Kier molecular flexibility index (Phi) is 7.47. The van der Waals surface area contributed by atoms with Crippen LogP contribution in [-0.4, -0.2) is 18.1 Å². The van der Waals surface area contributed by atoms with Gasteiger partial charge in [0.1, 0.15) is 0 Å². The zero-order chi connectivity index (χ0) is 15.4. The standard InChI is InChI=1S/C19H30N2.BrH/c1-6-7-11-20-12-13-21(14-20)19-17(15(2)3)9-8-10-18(19)16(4)5;/h8-10,12-13,15-16H,6-7,11,14H2,1-5H3;1H. The molecule has 0 spiro atoms. The van der Waals surface area contributed by atoms with Crippen molar-refractivity contribution in [2.24, 2.45) is 0 Å². The maximum atomic E-state index is 2.43. The van der Waals surface area contributed by atoms with Crippen molar-refractivity contribution in [2.45, 2.75) is 59.3 Å². The molecule has 0 atom stereocenters. The fourth-order valence-corrected chi connectivity index (χ4v) is 2.96. The van der Waals surface area contributed by atoms with Crippen LogP contribution in [0.5, 0.6) is 0 Å². The number of hydrogen-bond donors (Lipinski definition) is 0. The molecule has 0 unspecified atom stereocenters. The van der Waals surface area contributed by atoms with Crippen LogP contribution in [0.3, 0.4) is 0 Å². The molecule has 0 radical (unpaired) electrons. The Hall–Kier alpha value is -0.960. The van der Waals surface area contributed by atoms with Gasteiger partial charge in [-0.3, -0.25) is 0 Å². The monoisotopic (exact) mass is 366 g/mol. The number of anilines is 1. The molecule has 0 N–H and O–H groups in total. The van der Waals surface area contributed by atoms with Crippen LogP contribution in [-0.2, 0) is 0 Å². The molecule has 0 amide bonds. The van der Waals surface area contributed by atoms with Crippen LogP contribution in [0.15, 0.2) is 30.6 Å². The van der Waals surface area contributed by atoms with Crippen LogP contribution in [0, 0.1) is 0 Å². The normalized spacial score (nSPS) is 14.1. The van der Waals surface area contributed by atoms with Crippen molar-refractivity contribution in [3.63, 3.8) is 0 Å². The summed E-state index contributed by atoms with van der Waals surface area (Å²) in [5, 5.41) is 0. The lowest BCUT2D eigenvalue weighted by Crippen LogP contribution is -2.27. The molecule has 0 saturated carbocycles. The maximum absolute atomic E-state index is 2.43. The smallest absolute Gasteiger partial charge is 0.0942 e. The van der Waals surface area contributed by atoms with E-state index in [9.17, 15) is 0 Å². The second-order valence-electron chi connectivity index (χ2n) is 6.67. The Morgan fingerprint density at radius 2 is 1.59 bits per heavy atom. The van der Waals surface area contributed by atoms with E-state index in [1.165, 1.54) is 29.7 Å². The van der Waals surface area contributed by atoms with Gasteiger partial charge in [-0.15, -0.1) is 17.0 Å². The number of unbranched alkanes of at least 4 members (excludes halogenated alkanes) is 1. The predicted octanol–water partition coefficient (Wildman–Crippen LogP) is 5.86. The van der Waals surface area contributed by atoms with Crippen molar-refractivity contribution in [3.8, 4) is 0 Å². The summed E-state index contributed by atoms with van der Waals surface area (Å²) in [4.78, 5) is 4.85. The molecule has 0 saturated heterocycles. The van der Waals surface area contributed by atoms with Crippen molar-refractivity contribution in [2.75, 3.05) is 18.1 Å². The van der Waals surface area contributed by atoms with Crippen LogP contribution < -0.4 is 4.90 Å². The number of nitrogens with zero attached hydrogens (tertiary/aromatic N) is 2. The van der Waals surface area contributed by atoms with Gasteiger partial charge in [0.05, 0.1) is 6.67 Å². The number of benzene rings is 1. The van der Waals surface area contributed by atoms with Crippen LogP contribution in [0.25, 0.3) is 0 Å². The van der Waals surface area contributed by atoms with Gasteiger partial charge in [-0.2, -0.15) is 0 Å². The summed E-state index contributed by atoms with van der Waals surface area (Å²) in [6.45, 7) is 13.6. The minimum absolute atomic E-state index is 0. The second kappa shape index (κ2) is 8.61. The van der Waals surface area contributed by atoms with Gasteiger partial charge in [0.2, 0.25) is 0 Å². The summed E-state index contributed by atoms with van der Waals surface area (Å²) in [5.41, 5.74) is 4.35. The zero-order valence-electron chi connectivity index (χ0n) is 14.7. The van der Waals surface area contributed by atoms with Gasteiger partial charge < -0.3 is 9.80 Å². The van der Waals surface area contributed by atoms with Gasteiger partial charge in [0.15, 0.2) is 0 Å². The Bertz CT molecular complexity index is 468. The van der Waals surface area contributed by atoms with E-state index in [4.69, 9.17) is 0 Å². The summed E-state index contributed by atoms with van der Waals surface area (Å²) in [5.74, 6) is 1.11. The highest BCUT2D eigenvalue weighted by molar-refractivity contribution is 8.93. The summed E-state index contributed by atoms with van der Waals surface area (Å²) in [6, 6.07) is 6.78. The van der Waals surface area contributed by atoms with Crippen molar-refractivity contribution in [1.82, 2.24) is 4.90 Å². The van der Waals surface area contributed by atoms with Crippen LogP contribution in [0.4, 0.5) is 5.69 Å². The summed E-state index contributed by atoms with van der Waals surface area (Å²) >= 11 is 0. The van der Waals surface area contributed by atoms with Gasteiger partial charge in [-0.05, 0) is 29.4 Å². The Balaban J connectivity index is 0.00000242. The molecule has 0 aromatic heterocycles. The molecular formula is C19H31BrN2. The fraction of sp³-hybridized carbons (Fsp3) is 0.579. The van der Waals surface area contributed by atoms with Crippen molar-refractivity contribution >= 4 is 22.7 Å². The first kappa shape index (κ1) is 19.1. The molecular weight excluding hydrogens is 336 g/mol. The van der Waals surface area contributed by atoms with E-state index in [0.29, 0.717) is 11.8 Å². The molecule has 1 aromatic rings. The van der Waals surface area contributed by atoms with E-state index in [-0.39, 0.29) is 17.0 Å². The summed E-state index contributed by atoms with van der Waals surface area (Å²) < 4.78 is 0. The molecule has 3 heteroatoms. The van der Waals surface area contributed by atoms with Gasteiger partial charge in [0.25, 0.3) is 0 Å². The van der Waals surface area contributed by atoms with Crippen molar-refractivity contribution in [3.05, 3.63) is 41.7 Å². The first-order valence-corrected chi connectivity index (χ1v) is 8.36. The van der Waals surface area contributed by atoms with Gasteiger partial charge in [-0.25, -0.2) is 0 Å². The van der Waals surface area contributed by atoms with Crippen LogP contribution >= 0.6 is 17.0 Å². The number of para-hydroxylation sites is 1. The molecule has 124 valence electrons. The zero-order valence-corrected chi connectivity index (χ0v) is 16.4. The average Bonchev–Trinajstić information content (AvgIpc) is 2.92. The maximum Gasteiger partial charge on any atom is 0.0942 e. The highest BCUT2D eigenvalue weighted by Crippen LogP contribution is 2.36. The second-order valence-corrected chi connectivity index (χ2v) is 6.67. The molecule has 0 aliphatic carbocycles. The van der Waals surface area contributed by atoms with Crippen molar-refractivity contribution in [1.29, 1.82) is 0 Å². The molecule has 22 heavy (non-hydrogen) atoms. The quantitative estimate of drug-likeness (QED) is 0.621. The summed E-state index contributed by atoms with van der Waals surface area (Å²) in [7, 11) is 0. The Morgan fingerprint density at radius 1 is 1.00 bits per heavy atom. The molecule has 2 rings (SSSR count). The average molecular weight is 367 g/mol. The lowest BCUT2D eigenvalue weighted by Gasteiger charge is -2.28. The fourth-order valence-electron chi connectivity index (χ4n) is 2.96. The highest BCUT2D eigenvalue weighted by Gasteiger charge is 2.21. The largest absolute Gasteiger partial charge is 0.358 e. The van der Waals surface area contributed by atoms with E-state index in [2.05, 4.69) is 75.0 Å². The molecule has 1 aliphatic heterocycles. The van der Waals surface area contributed by atoms with Crippen LogP contribution in [0.2, 0.25) is 0 Å². The van der Waals surface area contributed by atoms with E-state index in [1.54, 1.807) is 0 Å². The first-order chi connectivity index (χ1) is 10.0. The predicted molar refractivity (Wildman–Crippen MR) is 103 cm³/mol. The Labute approximate surface area is 147 Å². The summed E-state index contributed by atoms with van der Waals surface area (Å²) in [6.07, 6.45) is 7.02. The van der Waals surface area contributed by atoms with Crippen LogP contribution in [0.1, 0.15) is 70.4 Å². The lowest BCUT2D eigenvalue weighted by molar-refractivity contribution is 0.396. The first-order valence-electron chi connectivity index (χ1n) is 8.36. The molecule has 1 aliphatic rings.